The Morgan fingerprint density at radius 1 is 1.45 bits per heavy atom. The van der Waals surface area contributed by atoms with E-state index in [0.717, 1.165) is 17.0 Å². The molecule has 2 N–H and O–H groups in total. The summed E-state index contributed by atoms with van der Waals surface area (Å²) in [5, 5.41) is 12.6. The van der Waals surface area contributed by atoms with Gasteiger partial charge in [0, 0.05) is 37.7 Å². The Balaban J connectivity index is 2.09. The van der Waals surface area contributed by atoms with Crippen molar-refractivity contribution < 1.29 is 9.84 Å². The number of fused-ring (bicyclic) bond motifs is 1. The summed E-state index contributed by atoms with van der Waals surface area (Å²) in [6.07, 6.45) is 2.69. The number of aryl methyl sites for hydroxylation is 1. The van der Waals surface area contributed by atoms with Gasteiger partial charge < -0.3 is 19.6 Å². The summed E-state index contributed by atoms with van der Waals surface area (Å²) in [7, 11) is 1.67. The SMILES string of the molecule is COCC(C)(CCO)NCc1cn2c(C)cccc2n1. The molecule has 2 aromatic rings. The van der Waals surface area contributed by atoms with Gasteiger partial charge in [-0.1, -0.05) is 6.07 Å². The van der Waals surface area contributed by atoms with Crippen LogP contribution in [-0.4, -0.2) is 40.4 Å². The van der Waals surface area contributed by atoms with E-state index in [1.165, 1.54) is 0 Å². The number of nitrogens with zero attached hydrogens (tertiary/aromatic N) is 2. The smallest absolute Gasteiger partial charge is 0.137 e. The van der Waals surface area contributed by atoms with Gasteiger partial charge in [0.2, 0.25) is 0 Å². The largest absolute Gasteiger partial charge is 0.396 e. The second-order valence-electron chi connectivity index (χ2n) is 5.45. The molecule has 110 valence electrons. The number of aliphatic hydroxyl groups is 1. The summed E-state index contributed by atoms with van der Waals surface area (Å²) in [4.78, 5) is 4.59. The van der Waals surface area contributed by atoms with Gasteiger partial charge in [-0.3, -0.25) is 0 Å². The molecule has 0 aromatic carbocycles. The van der Waals surface area contributed by atoms with E-state index in [1.807, 2.05) is 25.3 Å². The van der Waals surface area contributed by atoms with E-state index < -0.39 is 0 Å². The quantitative estimate of drug-likeness (QED) is 0.805. The average molecular weight is 277 g/mol. The first-order chi connectivity index (χ1) is 9.58. The van der Waals surface area contributed by atoms with Crippen LogP contribution in [0.5, 0.6) is 0 Å². The molecule has 0 spiro atoms. The summed E-state index contributed by atoms with van der Waals surface area (Å²) < 4.78 is 7.31. The molecular weight excluding hydrogens is 254 g/mol. The Morgan fingerprint density at radius 3 is 2.90 bits per heavy atom. The Bertz CT molecular complexity index is 559. The molecule has 0 amide bonds. The van der Waals surface area contributed by atoms with Crippen molar-refractivity contribution in [3.8, 4) is 0 Å². The van der Waals surface area contributed by atoms with E-state index >= 15 is 0 Å². The van der Waals surface area contributed by atoms with E-state index in [-0.39, 0.29) is 12.1 Å². The third-order valence-electron chi connectivity index (χ3n) is 3.57. The maximum absolute atomic E-state index is 9.16. The molecule has 0 aliphatic heterocycles. The monoisotopic (exact) mass is 277 g/mol. The fraction of sp³-hybridized carbons (Fsp3) is 0.533. The van der Waals surface area contributed by atoms with Gasteiger partial charge in [-0.05, 0) is 32.4 Å². The van der Waals surface area contributed by atoms with Crippen LogP contribution in [0.2, 0.25) is 0 Å². The number of methoxy groups -OCH3 is 1. The zero-order valence-electron chi connectivity index (χ0n) is 12.4. The molecule has 5 heteroatoms. The number of ether oxygens (including phenoxy) is 1. The van der Waals surface area contributed by atoms with Crippen LogP contribution in [0.15, 0.2) is 24.4 Å². The molecular formula is C15H23N3O2. The molecule has 1 unspecified atom stereocenters. The molecule has 20 heavy (non-hydrogen) atoms. The minimum Gasteiger partial charge on any atom is -0.396 e. The number of rotatable bonds is 7. The van der Waals surface area contributed by atoms with E-state index in [9.17, 15) is 0 Å². The van der Waals surface area contributed by atoms with Gasteiger partial charge in [0.05, 0.1) is 12.3 Å². The first-order valence-corrected chi connectivity index (χ1v) is 6.86. The molecule has 0 bridgehead atoms. The van der Waals surface area contributed by atoms with E-state index in [2.05, 4.69) is 27.7 Å². The highest BCUT2D eigenvalue weighted by Crippen LogP contribution is 2.13. The van der Waals surface area contributed by atoms with Crippen molar-refractivity contribution in [2.24, 2.45) is 0 Å². The lowest BCUT2D eigenvalue weighted by molar-refractivity contribution is 0.0967. The third-order valence-corrected chi connectivity index (χ3v) is 3.57. The van der Waals surface area contributed by atoms with Crippen LogP contribution in [0.1, 0.15) is 24.7 Å². The van der Waals surface area contributed by atoms with Gasteiger partial charge in [-0.15, -0.1) is 0 Å². The number of aromatic nitrogens is 2. The van der Waals surface area contributed by atoms with Crippen molar-refractivity contribution in [1.29, 1.82) is 0 Å². The van der Waals surface area contributed by atoms with E-state index in [1.54, 1.807) is 7.11 Å². The molecule has 0 radical (unpaired) electrons. The minimum absolute atomic E-state index is 0.136. The number of hydrogen-bond acceptors (Lipinski definition) is 4. The average Bonchev–Trinajstić information content (AvgIpc) is 2.82. The van der Waals surface area contributed by atoms with Crippen LogP contribution >= 0.6 is 0 Å². The van der Waals surface area contributed by atoms with Gasteiger partial charge in [0.1, 0.15) is 5.65 Å². The lowest BCUT2D eigenvalue weighted by Gasteiger charge is -2.29. The number of nitrogens with one attached hydrogen (secondary N) is 1. The molecule has 0 saturated heterocycles. The fourth-order valence-electron chi connectivity index (χ4n) is 2.36. The first-order valence-electron chi connectivity index (χ1n) is 6.86. The molecule has 0 fully saturated rings. The van der Waals surface area contributed by atoms with Crippen molar-refractivity contribution in [1.82, 2.24) is 14.7 Å². The summed E-state index contributed by atoms with van der Waals surface area (Å²) in [6, 6.07) is 6.07. The lowest BCUT2D eigenvalue weighted by atomic mass is 9.99. The normalized spacial score (nSPS) is 14.6. The number of aliphatic hydroxyl groups excluding tert-OH is 1. The minimum atomic E-state index is -0.242. The van der Waals surface area contributed by atoms with Crippen LogP contribution in [0.3, 0.4) is 0 Å². The van der Waals surface area contributed by atoms with Crippen LogP contribution in [0.25, 0.3) is 5.65 Å². The number of hydrogen-bond donors (Lipinski definition) is 2. The maximum atomic E-state index is 9.16. The molecule has 0 aliphatic carbocycles. The second kappa shape index (κ2) is 6.35. The molecule has 5 nitrogen and oxygen atoms in total. The Morgan fingerprint density at radius 2 is 2.25 bits per heavy atom. The van der Waals surface area contributed by atoms with Crippen LogP contribution in [-0.2, 0) is 11.3 Å². The number of imidazole rings is 1. The summed E-state index contributed by atoms with van der Waals surface area (Å²) in [5.74, 6) is 0. The van der Waals surface area contributed by atoms with Gasteiger partial charge in [0.25, 0.3) is 0 Å². The Hall–Kier alpha value is -1.43. The standard InChI is InChI=1S/C15H23N3O2/c1-12-5-4-6-14-17-13(10-18(12)14)9-16-15(2,7-8-19)11-20-3/h4-6,10,16,19H,7-9,11H2,1-3H3. The van der Waals surface area contributed by atoms with Gasteiger partial charge in [-0.2, -0.15) is 0 Å². The highest BCUT2D eigenvalue weighted by atomic mass is 16.5. The van der Waals surface area contributed by atoms with Gasteiger partial charge >= 0.3 is 0 Å². The predicted octanol–water partition coefficient (Wildman–Crippen LogP) is 1.52. The highest BCUT2D eigenvalue weighted by Gasteiger charge is 2.23. The molecule has 2 rings (SSSR count). The topological polar surface area (TPSA) is 58.8 Å². The summed E-state index contributed by atoms with van der Waals surface area (Å²) in [5.41, 5.74) is 2.86. The van der Waals surface area contributed by atoms with Crippen molar-refractivity contribution in [2.45, 2.75) is 32.4 Å². The van der Waals surface area contributed by atoms with E-state index in [0.29, 0.717) is 19.6 Å². The molecule has 2 aromatic heterocycles. The molecule has 0 saturated carbocycles. The fourth-order valence-corrected chi connectivity index (χ4v) is 2.36. The molecule has 0 aliphatic rings. The molecule has 1 atom stereocenters. The van der Waals surface area contributed by atoms with Crippen LogP contribution in [0.4, 0.5) is 0 Å². The molecule has 2 heterocycles. The lowest BCUT2D eigenvalue weighted by Crippen LogP contribution is -2.46. The Kier molecular flexibility index (Phi) is 4.75. The zero-order valence-corrected chi connectivity index (χ0v) is 12.4. The van der Waals surface area contributed by atoms with Crippen LogP contribution in [0, 0.1) is 6.92 Å². The van der Waals surface area contributed by atoms with Gasteiger partial charge in [-0.25, -0.2) is 4.98 Å². The van der Waals surface area contributed by atoms with Crippen LogP contribution < -0.4 is 5.32 Å². The van der Waals surface area contributed by atoms with Crippen molar-refractivity contribution >= 4 is 5.65 Å². The third kappa shape index (κ3) is 3.36. The second-order valence-corrected chi connectivity index (χ2v) is 5.45. The zero-order chi connectivity index (χ0) is 14.6. The van der Waals surface area contributed by atoms with Crippen molar-refractivity contribution in [3.63, 3.8) is 0 Å². The maximum Gasteiger partial charge on any atom is 0.137 e. The number of pyridine rings is 1. The van der Waals surface area contributed by atoms with Gasteiger partial charge in [0.15, 0.2) is 0 Å². The summed E-state index contributed by atoms with van der Waals surface area (Å²) in [6.45, 7) is 5.46. The summed E-state index contributed by atoms with van der Waals surface area (Å²) >= 11 is 0. The van der Waals surface area contributed by atoms with E-state index in [4.69, 9.17) is 9.84 Å². The first kappa shape index (κ1) is 15.0. The Labute approximate surface area is 119 Å². The highest BCUT2D eigenvalue weighted by molar-refractivity contribution is 5.41. The predicted molar refractivity (Wildman–Crippen MR) is 78.8 cm³/mol. The van der Waals surface area contributed by atoms with Crippen molar-refractivity contribution in [2.75, 3.05) is 20.3 Å². The van der Waals surface area contributed by atoms with Crippen molar-refractivity contribution in [3.05, 3.63) is 35.8 Å².